The van der Waals surface area contributed by atoms with Crippen LogP contribution in [0.3, 0.4) is 0 Å². The highest BCUT2D eigenvalue weighted by Gasteiger charge is 1.98. The molecule has 0 spiro atoms. The molecule has 0 aliphatic rings. The first-order valence-electron chi connectivity index (χ1n) is 8.84. The first-order chi connectivity index (χ1) is 13.3. The Kier molecular flexibility index (Phi) is 6.78. The summed E-state index contributed by atoms with van der Waals surface area (Å²) in [6.07, 6.45) is 1.62. The van der Waals surface area contributed by atoms with E-state index in [2.05, 4.69) is 17.9 Å². The molecule has 0 atom stereocenters. The van der Waals surface area contributed by atoms with Gasteiger partial charge in [0.25, 0.3) is 0 Å². The molecule has 3 aromatic rings. The third-order valence-electron chi connectivity index (χ3n) is 3.73. The molecule has 3 heteroatoms. The molecule has 0 aliphatic heterocycles. The van der Waals surface area contributed by atoms with Crippen LogP contribution in [-0.2, 0) is 0 Å². The fourth-order valence-electron chi connectivity index (χ4n) is 2.38. The smallest absolute Gasteiger partial charge is 0.128 e. The Bertz CT molecular complexity index is 890. The molecule has 0 heterocycles. The van der Waals surface area contributed by atoms with Crippen LogP contribution in [0.5, 0.6) is 23.0 Å². The van der Waals surface area contributed by atoms with Crippen LogP contribution in [0.2, 0.25) is 0 Å². The Hall–Kier alpha value is -3.38. The number of hydrogen-bond donors (Lipinski definition) is 0. The average Bonchev–Trinajstić information content (AvgIpc) is 2.73. The van der Waals surface area contributed by atoms with Gasteiger partial charge in [0, 0.05) is 18.1 Å². The van der Waals surface area contributed by atoms with E-state index in [1.165, 1.54) is 0 Å². The van der Waals surface area contributed by atoms with E-state index < -0.39 is 0 Å². The molecule has 1 radical (unpaired) electrons. The molecule has 27 heavy (non-hydrogen) atoms. The van der Waals surface area contributed by atoms with Crippen LogP contribution in [0.4, 0.5) is 0 Å². The average molecular weight is 357 g/mol. The van der Waals surface area contributed by atoms with E-state index >= 15 is 0 Å². The van der Waals surface area contributed by atoms with E-state index in [4.69, 9.17) is 14.2 Å². The first kappa shape index (κ1) is 18.4. The Balaban J connectivity index is 1.40. The van der Waals surface area contributed by atoms with E-state index in [1.54, 1.807) is 7.11 Å². The molecule has 0 fully saturated rings. The molecular formula is C24H21O3. The van der Waals surface area contributed by atoms with E-state index in [1.807, 2.05) is 72.8 Å². The van der Waals surface area contributed by atoms with Crippen molar-refractivity contribution in [1.82, 2.24) is 0 Å². The van der Waals surface area contributed by atoms with Crippen molar-refractivity contribution < 1.29 is 14.2 Å². The highest BCUT2D eigenvalue weighted by molar-refractivity contribution is 5.38. The van der Waals surface area contributed by atoms with Gasteiger partial charge < -0.3 is 14.2 Å². The highest BCUT2D eigenvalue weighted by atomic mass is 16.5. The molecule has 0 bridgehead atoms. The maximum atomic E-state index is 5.76. The van der Waals surface area contributed by atoms with Crippen LogP contribution in [0, 0.1) is 17.9 Å². The van der Waals surface area contributed by atoms with E-state index in [-0.39, 0.29) is 0 Å². The lowest BCUT2D eigenvalue weighted by Crippen LogP contribution is -1.96. The largest absolute Gasteiger partial charge is 0.496 e. The zero-order valence-electron chi connectivity index (χ0n) is 15.3. The van der Waals surface area contributed by atoms with Gasteiger partial charge in [-0.25, -0.2) is 0 Å². The second-order valence-electron chi connectivity index (χ2n) is 5.77. The third kappa shape index (κ3) is 6.13. The molecule has 0 aromatic heterocycles. The number of unbranched alkanes of at least 4 members (excludes halogenated alkanes) is 1. The number of benzene rings is 3. The lowest BCUT2D eigenvalue weighted by Gasteiger charge is -2.08. The van der Waals surface area contributed by atoms with Gasteiger partial charge in [0.15, 0.2) is 0 Å². The Labute approximate surface area is 160 Å². The minimum absolute atomic E-state index is 0.620. The SMILES string of the molecule is COc1[c]c(C#CCCCOc2ccc(Oc3ccccc3)cc2)ccc1. The summed E-state index contributed by atoms with van der Waals surface area (Å²) < 4.78 is 16.7. The van der Waals surface area contributed by atoms with Crippen LogP contribution < -0.4 is 14.2 Å². The summed E-state index contributed by atoms with van der Waals surface area (Å²) in [5.41, 5.74) is 0.837. The zero-order chi connectivity index (χ0) is 18.7. The Morgan fingerprint density at radius 3 is 2.33 bits per heavy atom. The van der Waals surface area contributed by atoms with Crippen molar-refractivity contribution >= 4 is 0 Å². The van der Waals surface area contributed by atoms with E-state index in [0.29, 0.717) is 12.4 Å². The molecule has 0 amide bonds. The molecule has 3 rings (SSSR count). The Morgan fingerprint density at radius 1 is 0.815 bits per heavy atom. The first-order valence-corrected chi connectivity index (χ1v) is 8.84. The zero-order valence-corrected chi connectivity index (χ0v) is 15.3. The van der Waals surface area contributed by atoms with E-state index in [0.717, 1.165) is 35.7 Å². The van der Waals surface area contributed by atoms with Gasteiger partial charge in [0.2, 0.25) is 0 Å². The molecule has 0 unspecified atom stereocenters. The lowest BCUT2D eigenvalue weighted by molar-refractivity contribution is 0.312. The second-order valence-corrected chi connectivity index (χ2v) is 5.77. The molecule has 0 saturated carbocycles. The van der Waals surface area contributed by atoms with Crippen molar-refractivity contribution in [3.05, 3.63) is 84.4 Å². The van der Waals surface area contributed by atoms with Gasteiger partial charge in [-0.15, -0.1) is 0 Å². The molecule has 135 valence electrons. The van der Waals surface area contributed by atoms with Crippen molar-refractivity contribution in [2.45, 2.75) is 12.8 Å². The van der Waals surface area contributed by atoms with Crippen LogP contribution in [0.15, 0.2) is 72.8 Å². The summed E-state index contributed by atoms with van der Waals surface area (Å²) in [7, 11) is 1.63. The summed E-state index contributed by atoms with van der Waals surface area (Å²) in [5, 5.41) is 0. The summed E-state index contributed by atoms with van der Waals surface area (Å²) >= 11 is 0. The monoisotopic (exact) mass is 357 g/mol. The summed E-state index contributed by atoms with van der Waals surface area (Å²) in [5.74, 6) is 9.36. The van der Waals surface area contributed by atoms with Crippen molar-refractivity contribution in [1.29, 1.82) is 0 Å². The van der Waals surface area contributed by atoms with Gasteiger partial charge in [0.05, 0.1) is 13.7 Å². The fraction of sp³-hybridized carbons (Fsp3) is 0.167. The number of para-hydroxylation sites is 1. The highest BCUT2D eigenvalue weighted by Crippen LogP contribution is 2.23. The molecule has 0 aliphatic carbocycles. The fourth-order valence-corrected chi connectivity index (χ4v) is 2.38. The number of methoxy groups -OCH3 is 1. The van der Waals surface area contributed by atoms with Crippen molar-refractivity contribution in [3.8, 4) is 34.8 Å². The Morgan fingerprint density at radius 2 is 1.56 bits per heavy atom. The van der Waals surface area contributed by atoms with Crippen LogP contribution in [0.25, 0.3) is 0 Å². The lowest BCUT2D eigenvalue weighted by atomic mass is 10.2. The number of rotatable bonds is 7. The minimum atomic E-state index is 0.620. The summed E-state index contributed by atoms with van der Waals surface area (Å²) in [6, 6.07) is 26.1. The van der Waals surface area contributed by atoms with Gasteiger partial charge in [-0.1, -0.05) is 36.1 Å². The third-order valence-corrected chi connectivity index (χ3v) is 3.73. The van der Waals surface area contributed by atoms with Gasteiger partial charge in [-0.05, 0) is 55.0 Å². The number of hydrogen-bond acceptors (Lipinski definition) is 3. The van der Waals surface area contributed by atoms with Gasteiger partial charge in [-0.2, -0.15) is 0 Å². The van der Waals surface area contributed by atoms with Gasteiger partial charge in [0.1, 0.15) is 23.0 Å². The van der Waals surface area contributed by atoms with Crippen LogP contribution >= 0.6 is 0 Å². The maximum absolute atomic E-state index is 5.76. The molecule has 3 aromatic carbocycles. The molecule has 3 nitrogen and oxygen atoms in total. The van der Waals surface area contributed by atoms with Gasteiger partial charge >= 0.3 is 0 Å². The minimum Gasteiger partial charge on any atom is -0.496 e. The molecule has 0 N–H and O–H groups in total. The van der Waals surface area contributed by atoms with E-state index in [9.17, 15) is 0 Å². The maximum Gasteiger partial charge on any atom is 0.128 e. The second kappa shape index (κ2) is 9.94. The van der Waals surface area contributed by atoms with Crippen LogP contribution in [0.1, 0.15) is 18.4 Å². The summed E-state index contributed by atoms with van der Waals surface area (Å²) in [4.78, 5) is 0. The van der Waals surface area contributed by atoms with Crippen molar-refractivity contribution in [2.75, 3.05) is 13.7 Å². The normalized spacial score (nSPS) is 9.81. The predicted octanol–water partition coefficient (Wildman–Crippen LogP) is 5.50. The molecule has 0 saturated heterocycles. The predicted molar refractivity (Wildman–Crippen MR) is 106 cm³/mol. The quantitative estimate of drug-likeness (QED) is 0.413. The standard InChI is InChI=1S/C24H21O3/c1-25-24-13-8-10-20(19-24)9-4-3-7-18-26-21-14-16-23(17-15-21)27-22-11-5-2-6-12-22/h2,5-6,8,10-17H,3,7,18H2,1H3. The van der Waals surface area contributed by atoms with Crippen LogP contribution in [-0.4, -0.2) is 13.7 Å². The van der Waals surface area contributed by atoms with Crippen molar-refractivity contribution in [3.63, 3.8) is 0 Å². The van der Waals surface area contributed by atoms with Crippen molar-refractivity contribution in [2.24, 2.45) is 0 Å². The number of ether oxygens (including phenoxy) is 3. The summed E-state index contributed by atoms with van der Waals surface area (Å²) in [6.45, 7) is 0.620. The van der Waals surface area contributed by atoms with Gasteiger partial charge in [-0.3, -0.25) is 0 Å². The topological polar surface area (TPSA) is 27.7 Å². The molecular weight excluding hydrogens is 336 g/mol.